The number of urea groups is 1. The first-order chi connectivity index (χ1) is 11.3. The molecular formula is C17H25BrN2O3Si. The zero-order chi connectivity index (χ0) is 17.7. The van der Waals surface area contributed by atoms with Gasteiger partial charge in [0.25, 0.3) is 0 Å². The minimum atomic E-state index is -1.17. The Morgan fingerprint density at radius 1 is 1.17 bits per heavy atom. The van der Waals surface area contributed by atoms with Crippen LogP contribution in [0.2, 0.25) is 25.7 Å². The van der Waals surface area contributed by atoms with Gasteiger partial charge >= 0.3 is 6.03 Å². The summed E-state index contributed by atoms with van der Waals surface area (Å²) < 4.78 is 6.59. The molecule has 1 aromatic rings. The third-order valence-corrected chi connectivity index (χ3v) is 6.13. The molecule has 0 saturated carbocycles. The Morgan fingerprint density at radius 2 is 1.83 bits per heavy atom. The van der Waals surface area contributed by atoms with Crippen LogP contribution in [0.1, 0.15) is 12.0 Å². The molecule has 0 bridgehead atoms. The molecule has 5 nitrogen and oxygen atoms in total. The Morgan fingerprint density at radius 3 is 2.46 bits per heavy atom. The van der Waals surface area contributed by atoms with Crippen LogP contribution in [0.25, 0.3) is 0 Å². The molecule has 0 radical (unpaired) electrons. The highest BCUT2D eigenvalue weighted by Gasteiger charge is 2.32. The molecule has 1 saturated heterocycles. The second-order valence-electron chi connectivity index (χ2n) is 7.25. The molecule has 1 aromatic carbocycles. The maximum Gasteiger partial charge on any atom is 0.328 e. The summed E-state index contributed by atoms with van der Waals surface area (Å²) in [4.78, 5) is 27.5. The van der Waals surface area contributed by atoms with Crippen molar-refractivity contribution in [3.8, 4) is 0 Å². The average molecular weight is 413 g/mol. The summed E-state index contributed by atoms with van der Waals surface area (Å²) in [5, 5.41) is 0. The van der Waals surface area contributed by atoms with Crippen LogP contribution in [-0.4, -0.2) is 49.7 Å². The van der Waals surface area contributed by atoms with Crippen LogP contribution in [0.4, 0.5) is 4.79 Å². The summed E-state index contributed by atoms with van der Waals surface area (Å²) >= 11 is 3.40. The highest BCUT2D eigenvalue weighted by Crippen LogP contribution is 2.17. The number of nitrogens with zero attached hydrogens (tertiary/aromatic N) is 2. The van der Waals surface area contributed by atoms with E-state index in [9.17, 15) is 9.59 Å². The predicted molar refractivity (Wildman–Crippen MR) is 100 cm³/mol. The SMILES string of the molecule is C[Si](C)(C)CCOCN1C(=O)CCN(Cc2ccc(Br)cc2)C1=O. The number of hydrogen-bond acceptors (Lipinski definition) is 3. The van der Waals surface area contributed by atoms with Crippen molar-refractivity contribution < 1.29 is 14.3 Å². The molecular weight excluding hydrogens is 388 g/mol. The molecule has 7 heteroatoms. The van der Waals surface area contributed by atoms with Gasteiger partial charge in [0.15, 0.2) is 0 Å². The van der Waals surface area contributed by atoms with Crippen LogP contribution >= 0.6 is 15.9 Å². The quantitative estimate of drug-likeness (QED) is 0.503. The van der Waals surface area contributed by atoms with Gasteiger partial charge in [-0.2, -0.15) is 0 Å². The highest BCUT2D eigenvalue weighted by atomic mass is 79.9. The molecule has 1 fully saturated rings. The molecule has 0 unspecified atom stereocenters. The summed E-state index contributed by atoms with van der Waals surface area (Å²) in [6.07, 6.45) is 0.347. The number of rotatable bonds is 7. The normalized spacial score (nSPS) is 16.0. The third kappa shape index (κ3) is 5.72. The first-order valence-electron chi connectivity index (χ1n) is 8.18. The van der Waals surface area contributed by atoms with Gasteiger partial charge in [0.2, 0.25) is 5.91 Å². The van der Waals surface area contributed by atoms with E-state index in [1.54, 1.807) is 4.90 Å². The fourth-order valence-electron chi connectivity index (χ4n) is 2.36. The van der Waals surface area contributed by atoms with E-state index in [1.165, 1.54) is 4.90 Å². The number of ether oxygens (including phenoxy) is 1. The first-order valence-corrected chi connectivity index (χ1v) is 12.7. The lowest BCUT2D eigenvalue weighted by atomic mass is 10.2. The molecule has 0 aromatic heterocycles. The molecule has 0 N–H and O–H groups in total. The van der Waals surface area contributed by atoms with Crippen molar-refractivity contribution in [1.29, 1.82) is 0 Å². The van der Waals surface area contributed by atoms with E-state index in [2.05, 4.69) is 35.6 Å². The van der Waals surface area contributed by atoms with E-state index < -0.39 is 8.07 Å². The number of amides is 3. The van der Waals surface area contributed by atoms with Gasteiger partial charge in [-0.05, 0) is 23.7 Å². The van der Waals surface area contributed by atoms with Crippen LogP contribution in [-0.2, 0) is 16.1 Å². The first kappa shape index (κ1) is 19.1. The molecule has 1 aliphatic heterocycles. The molecule has 2 rings (SSSR count). The molecule has 0 aliphatic carbocycles. The molecule has 3 amide bonds. The van der Waals surface area contributed by atoms with Crippen LogP contribution < -0.4 is 0 Å². The van der Waals surface area contributed by atoms with Gasteiger partial charge in [-0.15, -0.1) is 0 Å². The van der Waals surface area contributed by atoms with E-state index in [0.29, 0.717) is 26.1 Å². The lowest BCUT2D eigenvalue weighted by molar-refractivity contribution is -0.135. The smallest absolute Gasteiger partial charge is 0.328 e. The van der Waals surface area contributed by atoms with Crippen molar-refractivity contribution in [2.45, 2.75) is 38.7 Å². The van der Waals surface area contributed by atoms with Crippen molar-refractivity contribution in [3.63, 3.8) is 0 Å². The fraction of sp³-hybridized carbons (Fsp3) is 0.529. The van der Waals surface area contributed by atoms with Gasteiger partial charge < -0.3 is 9.64 Å². The predicted octanol–water partition coefficient (Wildman–Crippen LogP) is 3.92. The maximum absolute atomic E-state index is 12.5. The number of carbonyl (C=O) groups excluding carboxylic acids is 2. The Kier molecular flexibility index (Phi) is 6.60. The maximum atomic E-state index is 12.5. The Labute approximate surface area is 153 Å². The Balaban J connectivity index is 1.90. The van der Waals surface area contributed by atoms with Crippen LogP contribution in [0.5, 0.6) is 0 Å². The molecule has 132 valence electrons. The average Bonchev–Trinajstić information content (AvgIpc) is 2.50. The van der Waals surface area contributed by atoms with Crippen molar-refractivity contribution in [2.75, 3.05) is 19.9 Å². The molecule has 1 heterocycles. The minimum absolute atomic E-state index is 0.0545. The summed E-state index contributed by atoms with van der Waals surface area (Å²) in [5.74, 6) is -0.153. The largest absolute Gasteiger partial charge is 0.361 e. The second kappa shape index (κ2) is 8.27. The summed E-state index contributed by atoms with van der Waals surface area (Å²) in [7, 11) is -1.17. The zero-order valence-electron chi connectivity index (χ0n) is 14.5. The topological polar surface area (TPSA) is 49.9 Å². The van der Waals surface area contributed by atoms with Crippen LogP contribution in [0.15, 0.2) is 28.7 Å². The van der Waals surface area contributed by atoms with Gasteiger partial charge in [-0.1, -0.05) is 47.7 Å². The summed E-state index contributed by atoms with van der Waals surface area (Å²) in [5.41, 5.74) is 1.04. The Hall–Kier alpha value is -1.18. The Bertz CT molecular complexity index is 586. The van der Waals surface area contributed by atoms with Gasteiger partial charge in [-0.25, -0.2) is 9.69 Å². The van der Waals surface area contributed by atoms with Crippen LogP contribution in [0, 0.1) is 0 Å². The van der Waals surface area contributed by atoms with Crippen molar-refractivity contribution in [2.24, 2.45) is 0 Å². The summed E-state index contributed by atoms with van der Waals surface area (Å²) in [6, 6.07) is 8.61. The summed E-state index contributed by atoms with van der Waals surface area (Å²) in [6.45, 7) is 8.43. The highest BCUT2D eigenvalue weighted by molar-refractivity contribution is 9.10. The number of imide groups is 1. The standard InChI is InChI=1S/C17H25BrN2O3Si/c1-24(2,3)11-10-23-13-20-16(21)8-9-19(17(20)22)12-14-4-6-15(18)7-5-14/h4-7H,8-13H2,1-3H3. The lowest BCUT2D eigenvalue weighted by Crippen LogP contribution is -2.52. The molecule has 0 atom stereocenters. The van der Waals surface area contributed by atoms with Gasteiger partial charge in [0.1, 0.15) is 6.73 Å². The van der Waals surface area contributed by atoms with Crippen molar-refractivity contribution in [1.82, 2.24) is 9.80 Å². The van der Waals surface area contributed by atoms with Crippen LogP contribution in [0.3, 0.4) is 0 Å². The molecule has 24 heavy (non-hydrogen) atoms. The van der Waals surface area contributed by atoms with E-state index in [4.69, 9.17) is 4.74 Å². The third-order valence-electron chi connectivity index (χ3n) is 3.90. The zero-order valence-corrected chi connectivity index (χ0v) is 17.1. The minimum Gasteiger partial charge on any atom is -0.361 e. The van der Waals surface area contributed by atoms with E-state index in [-0.39, 0.29) is 18.7 Å². The number of hydrogen-bond donors (Lipinski definition) is 0. The number of carbonyl (C=O) groups is 2. The van der Waals surface area contributed by atoms with E-state index >= 15 is 0 Å². The van der Waals surface area contributed by atoms with E-state index in [1.807, 2.05) is 24.3 Å². The van der Waals surface area contributed by atoms with Gasteiger partial charge in [0.05, 0.1) is 0 Å². The fourth-order valence-corrected chi connectivity index (χ4v) is 3.38. The number of benzene rings is 1. The van der Waals surface area contributed by atoms with E-state index in [0.717, 1.165) is 16.1 Å². The number of halogens is 1. The molecule has 0 spiro atoms. The van der Waals surface area contributed by atoms with Crippen molar-refractivity contribution in [3.05, 3.63) is 34.3 Å². The van der Waals surface area contributed by atoms with Crippen molar-refractivity contribution >= 4 is 35.9 Å². The second-order valence-corrected chi connectivity index (χ2v) is 13.8. The lowest BCUT2D eigenvalue weighted by Gasteiger charge is -2.34. The van der Waals surface area contributed by atoms with Gasteiger partial charge in [-0.3, -0.25) is 4.79 Å². The monoisotopic (exact) mass is 412 g/mol. The van der Waals surface area contributed by atoms with Gasteiger partial charge in [0, 0.05) is 38.7 Å². The molecule has 1 aliphatic rings.